The molecule has 1 fully saturated rings. The monoisotopic (exact) mass is 291 g/mol. The minimum absolute atomic E-state index is 0.153. The van der Waals surface area contributed by atoms with Crippen LogP contribution in [-0.4, -0.2) is 41.1 Å². The lowest BCUT2D eigenvalue weighted by Crippen LogP contribution is -2.52. The molecule has 1 heterocycles. The Hall–Kier alpha value is -1.88. The summed E-state index contributed by atoms with van der Waals surface area (Å²) in [5.41, 5.74) is 2.92. The standard InChI is InChI=1S/C16H21NO4/c1-4-7-17-13(18)9-21-15(16(19)20)14(17)12-6-5-10(2)8-11(12)3/h5-6,8,14-15H,4,7,9H2,1-3H3,(H,19,20). The van der Waals surface area contributed by atoms with Gasteiger partial charge in [-0.15, -0.1) is 0 Å². The van der Waals surface area contributed by atoms with Gasteiger partial charge in [-0.2, -0.15) is 0 Å². The van der Waals surface area contributed by atoms with Gasteiger partial charge in [0.2, 0.25) is 5.91 Å². The van der Waals surface area contributed by atoms with E-state index in [1.54, 1.807) is 4.90 Å². The third-order valence-corrected chi connectivity index (χ3v) is 3.78. The molecule has 0 radical (unpaired) electrons. The summed E-state index contributed by atoms with van der Waals surface area (Å²) < 4.78 is 5.29. The number of hydrogen-bond acceptors (Lipinski definition) is 3. The number of benzene rings is 1. The smallest absolute Gasteiger partial charge is 0.335 e. The first kappa shape index (κ1) is 15.5. The Morgan fingerprint density at radius 1 is 1.43 bits per heavy atom. The maximum absolute atomic E-state index is 12.1. The zero-order valence-electron chi connectivity index (χ0n) is 12.6. The SMILES string of the molecule is CCCN1C(=O)COC(C(=O)O)C1c1ccc(C)cc1C. The summed E-state index contributed by atoms with van der Waals surface area (Å²) in [7, 11) is 0. The van der Waals surface area contributed by atoms with Gasteiger partial charge in [0.15, 0.2) is 6.10 Å². The Bertz CT molecular complexity index is 555. The number of morpholine rings is 1. The van der Waals surface area contributed by atoms with E-state index < -0.39 is 18.1 Å². The number of hydrogen-bond donors (Lipinski definition) is 1. The van der Waals surface area contributed by atoms with Crippen LogP contribution in [0.4, 0.5) is 0 Å². The predicted octanol–water partition coefficient (Wildman–Crippen LogP) is 2.07. The predicted molar refractivity (Wildman–Crippen MR) is 78.0 cm³/mol. The number of carbonyl (C=O) groups excluding carboxylic acids is 1. The molecule has 0 saturated carbocycles. The van der Waals surface area contributed by atoms with Crippen molar-refractivity contribution in [1.82, 2.24) is 4.90 Å². The second kappa shape index (κ2) is 6.26. The zero-order chi connectivity index (χ0) is 15.6. The van der Waals surface area contributed by atoms with Gasteiger partial charge in [0.25, 0.3) is 0 Å². The first-order chi connectivity index (χ1) is 9.95. The quantitative estimate of drug-likeness (QED) is 0.922. The molecular weight excluding hydrogens is 270 g/mol. The van der Waals surface area contributed by atoms with Crippen LogP contribution in [-0.2, 0) is 14.3 Å². The Kier molecular flexibility index (Phi) is 4.63. The van der Waals surface area contributed by atoms with E-state index in [9.17, 15) is 14.7 Å². The molecular formula is C16H21NO4. The fraction of sp³-hybridized carbons (Fsp3) is 0.500. The molecule has 2 atom stereocenters. The number of carboxylic acid groups (broad SMARTS) is 1. The van der Waals surface area contributed by atoms with E-state index in [1.807, 2.05) is 39.0 Å². The van der Waals surface area contributed by atoms with Crippen molar-refractivity contribution < 1.29 is 19.4 Å². The van der Waals surface area contributed by atoms with E-state index in [0.717, 1.165) is 23.1 Å². The summed E-state index contributed by atoms with van der Waals surface area (Å²) in [6.45, 7) is 6.25. The molecule has 0 spiro atoms. The number of carbonyl (C=O) groups is 2. The first-order valence-electron chi connectivity index (χ1n) is 7.16. The van der Waals surface area contributed by atoms with Crippen LogP contribution < -0.4 is 0 Å². The fourth-order valence-corrected chi connectivity index (χ4v) is 2.85. The minimum atomic E-state index is -1.03. The Morgan fingerprint density at radius 3 is 2.71 bits per heavy atom. The number of carboxylic acids is 1. The summed E-state index contributed by atoms with van der Waals surface area (Å²) >= 11 is 0. The molecule has 21 heavy (non-hydrogen) atoms. The highest BCUT2D eigenvalue weighted by atomic mass is 16.5. The van der Waals surface area contributed by atoms with Crippen molar-refractivity contribution in [2.45, 2.75) is 39.3 Å². The van der Waals surface area contributed by atoms with Crippen LogP contribution in [0.25, 0.3) is 0 Å². The lowest BCUT2D eigenvalue weighted by molar-refractivity contribution is -0.173. The van der Waals surface area contributed by atoms with Crippen molar-refractivity contribution >= 4 is 11.9 Å². The van der Waals surface area contributed by atoms with E-state index in [1.165, 1.54) is 0 Å². The summed E-state index contributed by atoms with van der Waals surface area (Å²) in [6.07, 6.45) is -0.241. The molecule has 0 bridgehead atoms. The molecule has 2 rings (SSSR count). The average Bonchev–Trinajstić information content (AvgIpc) is 2.41. The van der Waals surface area contributed by atoms with Gasteiger partial charge in [0.1, 0.15) is 6.61 Å². The highest BCUT2D eigenvalue weighted by Gasteiger charge is 2.41. The normalized spacial score (nSPS) is 22.4. The number of ether oxygens (including phenoxy) is 1. The molecule has 1 N–H and O–H groups in total. The highest BCUT2D eigenvalue weighted by Crippen LogP contribution is 2.32. The van der Waals surface area contributed by atoms with Gasteiger partial charge in [0.05, 0.1) is 6.04 Å². The van der Waals surface area contributed by atoms with Crippen LogP contribution in [0, 0.1) is 13.8 Å². The van der Waals surface area contributed by atoms with E-state index in [2.05, 4.69) is 0 Å². The topological polar surface area (TPSA) is 66.8 Å². The van der Waals surface area contributed by atoms with Crippen LogP contribution in [0.15, 0.2) is 18.2 Å². The second-order valence-electron chi connectivity index (χ2n) is 5.46. The third kappa shape index (κ3) is 3.08. The molecule has 114 valence electrons. The molecule has 2 unspecified atom stereocenters. The van der Waals surface area contributed by atoms with E-state index in [4.69, 9.17) is 4.74 Å². The molecule has 1 aromatic carbocycles. The number of aryl methyl sites for hydroxylation is 2. The van der Waals surface area contributed by atoms with E-state index in [-0.39, 0.29) is 12.5 Å². The molecule has 1 aliphatic heterocycles. The lowest BCUT2D eigenvalue weighted by Gasteiger charge is -2.40. The van der Waals surface area contributed by atoms with Crippen LogP contribution in [0.5, 0.6) is 0 Å². The number of amides is 1. The fourth-order valence-electron chi connectivity index (χ4n) is 2.85. The number of rotatable bonds is 4. The van der Waals surface area contributed by atoms with E-state index in [0.29, 0.717) is 6.54 Å². The van der Waals surface area contributed by atoms with Crippen molar-refractivity contribution in [2.75, 3.05) is 13.2 Å². The van der Waals surface area contributed by atoms with Crippen molar-refractivity contribution in [1.29, 1.82) is 0 Å². The highest BCUT2D eigenvalue weighted by molar-refractivity contribution is 5.83. The molecule has 0 aromatic heterocycles. The largest absolute Gasteiger partial charge is 0.479 e. The van der Waals surface area contributed by atoms with Crippen LogP contribution in [0.1, 0.15) is 36.1 Å². The number of nitrogens with zero attached hydrogens (tertiary/aromatic N) is 1. The van der Waals surface area contributed by atoms with Gasteiger partial charge in [-0.1, -0.05) is 30.7 Å². The number of aliphatic carboxylic acids is 1. The van der Waals surface area contributed by atoms with E-state index >= 15 is 0 Å². The van der Waals surface area contributed by atoms with Gasteiger partial charge in [-0.25, -0.2) is 4.79 Å². The van der Waals surface area contributed by atoms with Gasteiger partial charge in [0, 0.05) is 6.54 Å². The molecule has 1 saturated heterocycles. The lowest BCUT2D eigenvalue weighted by atomic mass is 9.92. The van der Waals surface area contributed by atoms with Gasteiger partial charge in [-0.05, 0) is 31.4 Å². The summed E-state index contributed by atoms with van der Waals surface area (Å²) in [4.78, 5) is 25.3. The molecule has 1 aliphatic rings. The third-order valence-electron chi connectivity index (χ3n) is 3.78. The molecule has 1 amide bonds. The van der Waals surface area contributed by atoms with Crippen molar-refractivity contribution in [2.24, 2.45) is 0 Å². The average molecular weight is 291 g/mol. The molecule has 0 aliphatic carbocycles. The second-order valence-corrected chi connectivity index (χ2v) is 5.46. The van der Waals surface area contributed by atoms with Crippen molar-refractivity contribution in [3.63, 3.8) is 0 Å². The Labute approximate surface area is 124 Å². The minimum Gasteiger partial charge on any atom is -0.479 e. The first-order valence-corrected chi connectivity index (χ1v) is 7.16. The van der Waals surface area contributed by atoms with Gasteiger partial charge < -0.3 is 14.7 Å². The Morgan fingerprint density at radius 2 is 2.14 bits per heavy atom. The zero-order valence-corrected chi connectivity index (χ0v) is 12.6. The van der Waals surface area contributed by atoms with Gasteiger partial charge in [-0.3, -0.25) is 4.79 Å². The Balaban J connectivity index is 2.48. The summed E-state index contributed by atoms with van der Waals surface area (Å²) in [5, 5.41) is 9.42. The van der Waals surface area contributed by atoms with Crippen LogP contribution in [0.3, 0.4) is 0 Å². The van der Waals surface area contributed by atoms with Crippen molar-refractivity contribution in [3.8, 4) is 0 Å². The maximum atomic E-state index is 12.1. The molecule has 5 nitrogen and oxygen atoms in total. The van der Waals surface area contributed by atoms with Gasteiger partial charge >= 0.3 is 5.97 Å². The molecule has 1 aromatic rings. The van der Waals surface area contributed by atoms with Crippen LogP contribution in [0.2, 0.25) is 0 Å². The summed E-state index contributed by atoms with van der Waals surface area (Å²) in [5.74, 6) is -1.19. The maximum Gasteiger partial charge on any atom is 0.335 e. The molecule has 5 heteroatoms. The summed E-state index contributed by atoms with van der Waals surface area (Å²) in [6, 6.07) is 5.27. The van der Waals surface area contributed by atoms with Crippen molar-refractivity contribution in [3.05, 3.63) is 34.9 Å². The van der Waals surface area contributed by atoms with Crippen LogP contribution >= 0.6 is 0 Å².